The van der Waals surface area contributed by atoms with Gasteiger partial charge in [0.2, 0.25) is 0 Å². The van der Waals surface area contributed by atoms with Gasteiger partial charge in [0, 0.05) is 18.2 Å². The quantitative estimate of drug-likeness (QED) is 0.722. The highest BCUT2D eigenvalue weighted by atomic mass is 32.2. The Hall–Kier alpha value is -0.920. The first-order valence-corrected chi connectivity index (χ1v) is 8.26. The van der Waals surface area contributed by atoms with Crippen LogP contribution in [0.15, 0.2) is 11.2 Å². The summed E-state index contributed by atoms with van der Waals surface area (Å²) in [6.45, 7) is 2.38. The van der Waals surface area contributed by atoms with E-state index in [2.05, 4.69) is 21.8 Å². The molecule has 1 fully saturated rings. The first-order valence-electron chi connectivity index (χ1n) is 6.77. The summed E-state index contributed by atoms with van der Waals surface area (Å²) in [5, 5.41) is 6.39. The monoisotopic (exact) mass is 286 g/mol. The van der Waals surface area contributed by atoms with E-state index in [-0.39, 0.29) is 17.6 Å². The molecule has 6 nitrogen and oxygen atoms in total. The van der Waals surface area contributed by atoms with Crippen LogP contribution in [-0.4, -0.2) is 24.7 Å². The zero-order valence-electron chi connectivity index (χ0n) is 11.2. The fraction of sp³-hybridized carbons (Fsp3) is 0.750. The van der Waals surface area contributed by atoms with Crippen LogP contribution in [0.1, 0.15) is 44.6 Å². The zero-order valence-corrected chi connectivity index (χ0v) is 12.0. The van der Waals surface area contributed by atoms with E-state index in [1.165, 1.54) is 12.6 Å². The number of nitrogens with zero attached hydrogens (tertiary/aromatic N) is 1. The molecule has 7 heteroatoms. The number of rotatable bonds is 4. The number of nitrogens with one attached hydrogen (secondary N) is 2. The number of hydrogen-bond acceptors (Lipinski definition) is 4. The summed E-state index contributed by atoms with van der Waals surface area (Å²) in [6, 6.07) is 0.0175. The van der Waals surface area contributed by atoms with Crippen LogP contribution in [0.25, 0.3) is 0 Å². The lowest BCUT2D eigenvalue weighted by atomic mass is 10.0. The summed E-state index contributed by atoms with van der Waals surface area (Å²) in [4.78, 5) is 0. The van der Waals surface area contributed by atoms with Gasteiger partial charge in [-0.1, -0.05) is 19.8 Å². The van der Waals surface area contributed by atoms with E-state index in [4.69, 9.17) is 5.73 Å². The molecule has 0 radical (unpaired) electrons. The minimum absolute atomic E-state index is 0.0175. The summed E-state index contributed by atoms with van der Waals surface area (Å²) in [5.41, 5.74) is 6.04. The van der Waals surface area contributed by atoms with Gasteiger partial charge in [0.1, 0.15) is 0 Å². The molecule has 1 heterocycles. The van der Waals surface area contributed by atoms with Crippen molar-refractivity contribution in [3.05, 3.63) is 11.8 Å². The normalized spacial score (nSPS) is 25.2. The molecule has 1 aromatic heterocycles. The van der Waals surface area contributed by atoms with Crippen molar-refractivity contribution in [2.24, 2.45) is 11.7 Å². The van der Waals surface area contributed by atoms with Gasteiger partial charge in [0.05, 0.1) is 6.20 Å². The topological polar surface area (TPSA) is 101 Å². The second kappa shape index (κ2) is 6.02. The third kappa shape index (κ3) is 3.55. The van der Waals surface area contributed by atoms with Gasteiger partial charge in [-0.2, -0.15) is 5.10 Å². The van der Waals surface area contributed by atoms with Gasteiger partial charge >= 0.3 is 0 Å². The molecule has 0 aliphatic heterocycles. The minimum Gasteiger partial charge on any atom is -0.326 e. The van der Waals surface area contributed by atoms with Gasteiger partial charge < -0.3 is 5.73 Å². The van der Waals surface area contributed by atoms with Crippen LogP contribution in [0.5, 0.6) is 0 Å². The molecule has 0 saturated heterocycles. The number of aromatic nitrogens is 2. The maximum Gasteiger partial charge on any atom is 0.258 e. The molecule has 2 rings (SSSR count). The molecule has 4 N–H and O–H groups in total. The van der Waals surface area contributed by atoms with Crippen molar-refractivity contribution in [2.75, 3.05) is 0 Å². The standard InChI is InChI=1S/C12H22N4O2S/c1-9-3-2-4-11(6-5-9)16-19(17,18)12-10(7-13)8-14-15-12/h8-9,11,16H,2-7,13H2,1H3,(H,14,15). The van der Waals surface area contributed by atoms with Gasteiger partial charge in [0.15, 0.2) is 5.03 Å². The average molecular weight is 286 g/mol. The van der Waals surface area contributed by atoms with Crippen molar-refractivity contribution in [2.45, 2.75) is 56.6 Å². The van der Waals surface area contributed by atoms with Crippen molar-refractivity contribution >= 4 is 10.0 Å². The largest absolute Gasteiger partial charge is 0.326 e. The van der Waals surface area contributed by atoms with Gasteiger partial charge in [-0.25, -0.2) is 13.1 Å². The van der Waals surface area contributed by atoms with Crippen molar-refractivity contribution in [1.82, 2.24) is 14.9 Å². The van der Waals surface area contributed by atoms with Crippen LogP contribution >= 0.6 is 0 Å². The predicted molar refractivity (Wildman–Crippen MR) is 72.8 cm³/mol. The molecule has 19 heavy (non-hydrogen) atoms. The van der Waals surface area contributed by atoms with Crippen LogP contribution in [-0.2, 0) is 16.6 Å². The Bertz CT molecular complexity index is 512. The van der Waals surface area contributed by atoms with Crippen LogP contribution in [0, 0.1) is 5.92 Å². The summed E-state index contributed by atoms with van der Waals surface area (Å²) < 4.78 is 27.4. The summed E-state index contributed by atoms with van der Waals surface area (Å²) in [7, 11) is -3.54. The van der Waals surface area contributed by atoms with Gasteiger partial charge in [-0.05, 0) is 25.2 Å². The first-order chi connectivity index (χ1) is 9.03. The lowest BCUT2D eigenvalue weighted by molar-refractivity contribution is 0.483. The second-order valence-electron chi connectivity index (χ2n) is 5.36. The molecule has 1 aromatic rings. The molecule has 0 aromatic carbocycles. The lowest BCUT2D eigenvalue weighted by Gasteiger charge is -2.16. The lowest BCUT2D eigenvalue weighted by Crippen LogP contribution is -2.35. The third-order valence-electron chi connectivity index (χ3n) is 3.75. The first kappa shape index (κ1) is 14.5. The Kier molecular flexibility index (Phi) is 4.59. The van der Waals surface area contributed by atoms with E-state index in [0.29, 0.717) is 11.5 Å². The summed E-state index contributed by atoms with van der Waals surface area (Å²) in [5.74, 6) is 0.682. The van der Waals surface area contributed by atoms with E-state index < -0.39 is 10.0 Å². The Labute approximate surface area is 114 Å². The molecule has 2 unspecified atom stereocenters. The van der Waals surface area contributed by atoms with Crippen LogP contribution in [0.3, 0.4) is 0 Å². The van der Waals surface area contributed by atoms with E-state index in [1.807, 2.05) is 0 Å². The maximum atomic E-state index is 12.3. The molecule has 0 bridgehead atoms. The highest BCUT2D eigenvalue weighted by Gasteiger charge is 2.25. The Morgan fingerprint density at radius 3 is 2.95 bits per heavy atom. The summed E-state index contributed by atoms with van der Waals surface area (Å²) in [6.07, 6.45) is 6.57. The molecule has 1 saturated carbocycles. The molecule has 2 atom stereocenters. The number of sulfonamides is 1. The van der Waals surface area contributed by atoms with Crippen molar-refractivity contribution in [1.29, 1.82) is 0 Å². The molecule has 1 aliphatic rings. The third-order valence-corrected chi connectivity index (χ3v) is 5.28. The van der Waals surface area contributed by atoms with Crippen molar-refractivity contribution in [3.63, 3.8) is 0 Å². The predicted octanol–water partition coefficient (Wildman–Crippen LogP) is 1.12. The molecule has 0 amide bonds. The highest BCUT2D eigenvalue weighted by Crippen LogP contribution is 2.24. The fourth-order valence-electron chi connectivity index (χ4n) is 2.56. The maximum absolute atomic E-state index is 12.3. The Morgan fingerprint density at radius 2 is 2.21 bits per heavy atom. The SMILES string of the molecule is CC1CCCC(NS(=O)(=O)c2[nH]ncc2CN)CC1. The van der Waals surface area contributed by atoms with E-state index in [1.54, 1.807) is 0 Å². The molecule has 108 valence electrons. The van der Waals surface area contributed by atoms with Gasteiger partial charge in [0.25, 0.3) is 10.0 Å². The fourth-order valence-corrected chi connectivity index (χ4v) is 4.01. The number of aromatic amines is 1. The van der Waals surface area contributed by atoms with Crippen LogP contribution in [0.4, 0.5) is 0 Å². The van der Waals surface area contributed by atoms with Crippen molar-refractivity contribution in [3.8, 4) is 0 Å². The van der Waals surface area contributed by atoms with Crippen LogP contribution in [0.2, 0.25) is 0 Å². The number of hydrogen-bond donors (Lipinski definition) is 3. The van der Waals surface area contributed by atoms with Gasteiger partial charge in [-0.15, -0.1) is 0 Å². The highest BCUT2D eigenvalue weighted by molar-refractivity contribution is 7.89. The average Bonchev–Trinajstić information content (AvgIpc) is 2.76. The molecule has 0 spiro atoms. The Balaban J connectivity index is 2.09. The molecule has 1 aliphatic carbocycles. The molecular formula is C12H22N4O2S. The van der Waals surface area contributed by atoms with E-state index in [0.717, 1.165) is 25.7 Å². The minimum atomic E-state index is -3.54. The molecular weight excluding hydrogens is 264 g/mol. The smallest absolute Gasteiger partial charge is 0.258 e. The zero-order chi connectivity index (χ0) is 13.9. The van der Waals surface area contributed by atoms with E-state index >= 15 is 0 Å². The van der Waals surface area contributed by atoms with Gasteiger partial charge in [-0.3, -0.25) is 5.10 Å². The number of H-pyrrole nitrogens is 1. The Morgan fingerprint density at radius 1 is 1.42 bits per heavy atom. The second-order valence-corrected chi connectivity index (χ2v) is 7.01. The summed E-state index contributed by atoms with van der Waals surface area (Å²) >= 11 is 0. The van der Waals surface area contributed by atoms with Crippen LogP contribution < -0.4 is 10.5 Å². The number of nitrogens with two attached hydrogens (primary N) is 1. The van der Waals surface area contributed by atoms with E-state index in [9.17, 15) is 8.42 Å². The van der Waals surface area contributed by atoms with Crippen molar-refractivity contribution < 1.29 is 8.42 Å².